The maximum atomic E-state index is 13.2. The fourth-order valence-corrected chi connectivity index (χ4v) is 2.14. The molecule has 2 N–H and O–H groups in total. The SMILES string of the molecule is NCCc1cc(F)ccc1OCCCc1ccccc1. The Bertz CT molecular complexity index is 528. The first-order valence-corrected chi connectivity index (χ1v) is 6.95. The van der Waals surface area contributed by atoms with Crippen LogP contribution in [0.15, 0.2) is 48.5 Å². The van der Waals surface area contributed by atoms with Gasteiger partial charge in [0, 0.05) is 0 Å². The van der Waals surface area contributed by atoms with E-state index in [0.717, 1.165) is 24.2 Å². The van der Waals surface area contributed by atoms with Crippen LogP contribution in [0.1, 0.15) is 17.5 Å². The van der Waals surface area contributed by atoms with Gasteiger partial charge in [-0.2, -0.15) is 0 Å². The minimum Gasteiger partial charge on any atom is -0.493 e. The molecule has 0 heterocycles. The lowest BCUT2D eigenvalue weighted by Gasteiger charge is -2.11. The van der Waals surface area contributed by atoms with Crippen molar-refractivity contribution in [1.29, 1.82) is 0 Å². The Labute approximate surface area is 119 Å². The number of benzene rings is 2. The van der Waals surface area contributed by atoms with Crippen molar-refractivity contribution in [1.82, 2.24) is 0 Å². The average Bonchev–Trinajstić information content (AvgIpc) is 2.47. The molecule has 0 amide bonds. The van der Waals surface area contributed by atoms with Crippen LogP contribution in [-0.4, -0.2) is 13.2 Å². The van der Waals surface area contributed by atoms with Gasteiger partial charge in [-0.1, -0.05) is 30.3 Å². The smallest absolute Gasteiger partial charge is 0.123 e. The largest absolute Gasteiger partial charge is 0.493 e. The topological polar surface area (TPSA) is 35.2 Å². The van der Waals surface area contributed by atoms with E-state index >= 15 is 0 Å². The molecule has 2 rings (SSSR count). The van der Waals surface area contributed by atoms with E-state index in [9.17, 15) is 4.39 Å². The normalized spacial score (nSPS) is 10.5. The summed E-state index contributed by atoms with van der Waals surface area (Å²) in [7, 11) is 0. The van der Waals surface area contributed by atoms with Crippen molar-refractivity contribution in [3.63, 3.8) is 0 Å². The molecule has 3 heteroatoms. The van der Waals surface area contributed by atoms with Gasteiger partial charge in [-0.3, -0.25) is 0 Å². The van der Waals surface area contributed by atoms with E-state index in [-0.39, 0.29) is 5.82 Å². The van der Waals surface area contributed by atoms with E-state index in [4.69, 9.17) is 10.5 Å². The number of halogens is 1. The maximum Gasteiger partial charge on any atom is 0.123 e. The number of nitrogens with two attached hydrogens (primary N) is 1. The number of hydrogen-bond donors (Lipinski definition) is 1. The third-order valence-electron chi connectivity index (χ3n) is 3.15. The second kappa shape index (κ2) is 7.65. The molecule has 0 aliphatic heterocycles. The molecule has 0 atom stereocenters. The first-order valence-electron chi connectivity index (χ1n) is 6.95. The Hall–Kier alpha value is -1.87. The predicted octanol–water partition coefficient (Wildman–Crippen LogP) is 3.34. The van der Waals surface area contributed by atoms with Crippen molar-refractivity contribution in [2.24, 2.45) is 5.73 Å². The number of aryl methyl sites for hydroxylation is 1. The first kappa shape index (κ1) is 14.5. The molecule has 2 aromatic rings. The van der Waals surface area contributed by atoms with Crippen LogP contribution < -0.4 is 10.5 Å². The van der Waals surface area contributed by atoms with Crippen LogP contribution in [0.2, 0.25) is 0 Å². The maximum absolute atomic E-state index is 13.2. The summed E-state index contributed by atoms with van der Waals surface area (Å²) in [6, 6.07) is 14.9. The first-order chi connectivity index (χ1) is 9.79. The van der Waals surface area contributed by atoms with E-state index in [2.05, 4.69) is 12.1 Å². The molecule has 106 valence electrons. The van der Waals surface area contributed by atoms with Crippen molar-refractivity contribution >= 4 is 0 Å². The summed E-state index contributed by atoms with van der Waals surface area (Å²) in [5, 5.41) is 0. The Morgan fingerprint density at radius 1 is 1.00 bits per heavy atom. The Morgan fingerprint density at radius 3 is 2.55 bits per heavy atom. The molecule has 0 spiro atoms. The van der Waals surface area contributed by atoms with Crippen LogP contribution in [0.4, 0.5) is 4.39 Å². The summed E-state index contributed by atoms with van der Waals surface area (Å²) in [5.74, 6) is 0.495. The monoisotopic (exact) mass is 273 g/mol. The van der Waals surface area contributed by atoms with Gasteiger partial charge in [-0.05, 0) is 55.1 Å². The highest BCUT2D eigenvalue weighted by atomic mass is 19.1. The highest BCUT2D eigenvalue weighted by Gasteiger charge is 2.05. The van der Waals surface area contributed by atoms with Gasteiger partial charge >= 0.3 is 0 Å². The molecule has 2 aromatic carbocycles. The van der Waals surface area contributed by atoms with Crippen molar-refractivity contribution in [3.8, 4) is 5.75 Å². The van der Waals surface area contributed by atoms with Crippen molar-refractivity contribution < 1.29 is 9.13 Å². The minimum atomic E-state index is -0.245. The zero-order valence-corrected chi connectivity index (χ0v) is 11.5. The third-order valence-corrected chi connectivity index (χ3v) is 3.15. The summed E-state index contributed by atoms with van der Waals surface area (Å²) in [6.45, 7) is 1.11. The van der Waals surface area contributed by atoms with Gasteiger partial charge in [-0.25, -0.2) is 4.39 Å². The Balaban J connectivity index is 1.84. The molecular weight excluding hydrogens is 253 g/mol. The van der Waals surface area contributed by atoms with Crippen LogP contribution in [0.5, 0.6) is 5.75 Å². The molecule has 0 saturated heterocycles. The predicted molar refractivity (Wildman–Crippen MR) is 79.4 cm³/mol. The number of ether oxygens (including phenoxy) is 1. The van der Waals surface area contributed by atoms with Gasteiger partial charge in [0.05, 0.1) is 6.61 Å². The van der Waals surface area contributed by atoms with E-state index < -0.39 is 0 Å². The molecule has 20 heavy (non-hydrogen) atoms. The van der Waals surface area contributed by atoms with E-state index in [0.29, 0.717) is 19.6 Å². The summed E-state index contributed by atoms with van der Waals surface area (Å²) in [5.41, 5.74) is 7.68. The van der Waals surface area contributed by atoms with Gasteiger partial charge in [0.25, 0.3) is 0 Å². The number of rotatable bonds is 7. The van der Waals surface area contributed by atoms with E-state index in [1.165, 1.54) is 17.7 Å². The lowest BCUT2D eigenvalue weighted by atomic mass is 10.1. The highest BCUT2D eigenvalue weighted by molar-refractivity contribution is 5.34. The fourth-order valence-electron chi connectivity index (χ4n) is 2.14. The highest BCUT2D eigenvalue weighted by Crippen LogP contribution is 2.20. The quantitative estimate of drug-likeness (QED) is 0.785. The van der Waals surface area contributed by atoms with Crippen LogP contribution in [0.3, 0.4) is 0 Å². The summed E-state index contributed by atoms with van der Waals surface area (Å²) in [4.78, 5) is 0. The molecule has 2 nitrogen and oxygen atoms in total. The van der Waals surface area contributed by atoms with Crippen molar-refractivity contribution in [2.45, 2.75) is 19.3 Å². The summed E-state index contributed by atoms with van der Waals surface area (Å²) >= 11 is 0. The standard InChI is InChI=1S/C17H20FNO/c18-16-8-9-17(15(13-16)10-11-19)20-12-4-7-14-5-2-1-3-6-14/h1-3,5-6,8-9,13H,4,7,10-12,19H2. The summed E-state index contributed by atoms with van der Waals surface area (Å²) in [6.07, 6.45) is 2.55. The minimum absolute atomic E-state index is 0.245. The fraction of sp³-hybridized carbons (Fsp3) is 0.294. The summed E-state index contributed by atoms with van der Waals surface area (Å²) < 4.78 is 18.9. The van der Waals surface area contributed by atoms with E-state index in [1.54, 1.807) is 6.07 Å². The van der Waals surface area contributed by atoms with E-state index in [1.807, 2.05) is 18.2 Å². The Kier molecular flexibility index (Phi) is 5.56. The second-order valence-electron chi connectivity index (χ2n) is 4.73. The van der Waals surface area contributed by atoms with Gasteiger partial charge in [0.1, 0.15) is 11.6 Å². The van der Waals surface area contributed by atoms with Crippen LogP contribution >= 0.6 is 0 Å². The molecule has 0 fully saturated rings. The molecule has 0 saturated carbocycles. The van der Waals surface area contributed by atoms with Crippen LogP contribution in [0.25, 0.3) is 0 Å². The Morgan fingerprint density at radius 2 is 1.80 bits per heavy atom. The zero-order chi connectivity index (χ0) is 14.2. The molecule has 0 unspecified atom stereocenters. The lowest BCUT2D eigenvalue weighted by molar-refractivity contribution is 0.307. The van der Waals surface area contributed by atoms with Gasteiger partial charge in [0.15, 0.2) is 0 Å². The third kappa shape index (κ3) is 4.35. The number of hydrogen-bond acceptors (Lipinski definition) is 2. The lowest BCUT2D eigenvalue weighted by Crippen LogP contribution is -2.07. The molecule has 0 aromatic heterocycles. The van der Waals surface area contributed by atoms with Crippen molar-refractivity contribution in [2.75, 3.05) is 13.2 Å². The molecule has 0 bridgehead atoms. The zero-order valence-electron chi connectivity index (χ0n) is 11.5. The second-order valence-corrected chi connectivity index (χ2v) is 4.73. The molecule has 0 aliphatic carbocycles. The molecule has 0 aliphatic rings. The van der Waals surface area contributed by atoms with Gasteiger partial charge in [0.2, 0.25) is 0 Å². The van der Waals surface area contributed by atoms with Crippen LogP contribution in [0, 0.1) is 5.82 Å². The van der Waals surface area contributed by atoms with Crippen molar-refractivity contribution in [3.05, 3.63) is 65.5 Å². The molecule has 0 radical (unpaired) electrons. The van der Waals surface area contributed by atoms with Crippen LogP contribution in [-0.2, 0) is 12.8 Å². The average molecular weight is 273 g/mol. The van der Waals surface area contributed by atoms with Gasteiger partial charge < -0.3 is 10.5 Å². The van der Waals surface area contributed by atoms with Gasteiger partial charge in [-0.15, -0.1) is 0 Å². The molecular formula is C17H20FNO.